The summed E-state index contributed by atoms with van der Waals surface area (Å²) in [5, 5.41) is 3.73. The lowest BCUT2D eigenvalue weighted by Crippen LogP contribution is -2.26. The zero-order valence-corrected chi connectivity index (χ0v) is 15.8. The summed E-state index contributed by atoms with van der Waals surface area (Å²) < 4.78 is 3.46. The van der Waals surface area contributed by atoms with E-state index in [1.165, 1.54) is 0 Å². The van der Waals surface area contributed by atoms with E-state index in [0.717, 1.165) is 22.5 Å². The molecule has 7 heteroatoms. The fraction of sp³-hybridized carbons (Fsp3) is 0.316. The van der Waals surface area contributed by atoms with Crippen molar-refractivity contribution in [3.8, 4) is 0 Å². The van der Waals surface area contributed by atoms with Crippen LogP contribution in [0.15, 0.2) is 52.4 Å². The van der Waals surface area contributed by atoms with Gasteiger partial charge in [-0.3, -0.25) is 13.9 Å². The largest absolute Gasteiger partial charge is 0.329 e. The van der Waals surface area contributed by atoms with Gasteiger partial charge in [0.15, 0.2) is 0 Å². The molecule has 0 aliphatic carbocycles. The first-order valence-electron chi connectivity index (χ1n) is 8.62. The highest BCUT2D eigenvalue weighted by atomic mass is 32.2. The lowest BCUT2D eigenvalue weighted by Gasteiger charge is -2.06. The van der Waals surface area contributed by atoms with E-state index in [0.29, 0.717) is 18.8 Å². The molecule has 26 heavy (non-hydrogen) atoms. The zero-order valence-electron chi connectivity index (χ0n) is 14.9. The van der Waals surface area contributed by atoms with Gasteiger partial charge in [-0.2, -0.15) is 0 Å². The number of aryl methyl sites for hydroxylation is 2. The molecule has 2 heterocycles. The molecule has 0 unspecified atom stereocenters. The summed E-state index contributed by atoms with van der Waals surface area (Å²) >= 11 is 1.55. The third-order valence-corrected chi connectivity index (χ3v) is 4.82. The summed E-state index contributed by atoms with van der Waals surface area (Å²) in [5.74, 6) is -0.136. The molecule has 0 spiro atoms. The highest BCUT2D eigenvalue weighted by molar-refractivity contribution is 7.98. The van der Waals surface area contributed by atoms with Gasteiger partial charge in [0.1, 0.15) is 0 Å². The van der Waals surface area contributed by atoms with Crippen molar-refractivity contribution in [1.82, 2.24) is 14.1 Å². The lowest BCUT2D eigenvalue weighted by molar-refractivity contribution is -0.116. The van der Waals surface area contributed by atoms with Crippen LogP contribution in [0.5, 0.6) is 0 Å². The van der Waals surface area contributed by atoms with Crippen LogP contribution < -0.4 is 11.0 Å². The Hall–Kier alpha value is -2.54. The van der Waals surface area contributed by atoms with Gasteiger partial charge in [0, 0.05) is 19.5 Å². The number of carbonyl (C=O) groups is 1. The molecule has 0 atom stereocenters. The number of fused-ring (bicyclic) bond motifs is 1. The molecule has 136 valence electrons. The third-order valence-electron chi connectivity index (χ3n) is 4.16. The third kappa shape index (κ3) is 3.83. The predicted octanol–water partition coefficient (Wildman–Crippen LogP) is 3.36. The summed E-state index contributed by atoms with van der Waals surface area (Å²) in [6.45, 7) is 3.06. The second-order valence-corrected chi connectivity index (χ2v) is 6.79. The number of pyridine rings is 1. The number of nitrogens with one attached hydrogen (secondary N) is 1. The Labute approximate surface area is 156 Å². The summed E-state index contributed by atoms with van der Waals surface area (Å²) in [4.78, 5) is 29.2. The number of hydrogen-bond donors (Lipinski definition) is 1. The van der Waals surface area contributed by atoms with Crippen LogP contribution >= 0.6 is 11.8 Å². The van der Waals surface area contributed by atoms with Crippen LogP contribution in [0.4, 0.5) is 5.69 Å². The molecular formula is C19H22N4O2S. The molecule has 1 aromatic carbocycles. The van der Waals surface area contributed by atoms with E-state index in [1.54, 1.807) is 27.1 Å². The van der Waals surface area contributed by atoms with Crippen molar-refractivity contribution < 1.29 is 4.79 Å². The van der Waals surface area contributed by atoms with E-state index in [1.807, 2.05) is 49.6 Å². The number of thioether (sulfide) groups is 1. The Morgan fingerprint density at radius 3 is 2.38 bits per heavy atom. The Kier molecular flexibility index (Phi) is 5.78. The summed E-state index contributed by atoms with van der Waals surface area (Å²) in [7, 11) is 0. The van der Waals surface area contributed by atoms with Crippen LogP contribution in [0.1, 0.15) is 19.8 Å². The van der Waals surface area contributed by atoms with Gasteiger partial charge in [0.05, 0.1) is 27.9 Å². The Morgan fingerprint density at radius 1 is 1.12 bits per heavy atom. The van der Waals surface area contributed by atoms with Gasteiger partial charge in [0.25, 0.3) is 0 Å². The fourth-order valence-electron chi connectivity index (χ4n) is 2.94. The molecule has 3 aromatic rings. The molecular weight excluding hydrogens is 348 g/mol. The molecule has 1 N–H and O–H groups in total. The number of hydrogen-bond acceptors (Lipinski definition) is 4. The second kappa shape index (κ2) is 8.23. The molecule has 0 saturated heterocycles. The maximum Gasteiger partial charge on any atom is 0.329 e. The Bertz CT molecular complexity index is 960. The van der Waals surface area contributed by atoms with Crippen LogP contribution in [-0.4, -0.2) is 26.3 Å². The smallest absolute Gasteiger partial charge is 0.325 e. The monoisotopic (exact) mass is 370 g/mol. The topological polar surface area (TPSA) is 68.9 Å². The Morgan fingerprint density at radius 2 is 1.81 bits per heavy atom. The molecule has 0 bridgehead atoms. The van der Waals surface area contributed by atoms with Crippen LogP contribution in [0, 0.1) is 0 Å². The van der Waals surface area contributed by atoms with Crippen molar-refractivity contribution in [3.05, 3.63) is 53.1 Å². The van der Waals surface area contributed by atoms with E-state index >= 15 is 0 Å². The van der Waals surface area contributed by atoms with Crippen molar-refractivity contribution in [2.45, 2.75) is 37.9 Å². The number of para-hydroxylation sites is 2. The van der Waals surface area contributed by atoms with E-state index in [4.69, 9.17) is 0 Å². The summed E-state index contributed by atoms with van der Waals surface area (Å²) in [6.07, 6.45) is 4.70. The number of carbonyl (C=O) groups excluding carboxylic acids is 1. The van der Waals surface area contributed by atoms with Crippen molar-refractivity contribution in [2.75, 3.05) is 11.6 Å². The van der Waals surface area contributed by atoms with Gasteiger partial charge in [-0.1, -0.05) is 19.1 Å². The number of aromatic nitrogens is 3. The SMILES string of the molecule is CCCn1c(=O)n(CCC(=O)Nc2ccc(SC)nc2)c2ccccc21. The van der Waals surface area contributed by atoms with Gasteiger partial charge < -0.3 is 5.32 Å². The molecule has 2 aromatic heterocycles. The number of imidazole rings is 1. The van der Waals surface area contributed by atoms with E-state index in [2.05, 4.69) is 10.3 Å². The summed E-state index contributed by atoms with van der Waals surface area (Å²) in [6, 6.07) is 11.4. The minimum Gasteiger partial charge on any atom is -0.325 e. The second-order valence-electron chi connectivity index (χ2n) is 5.96. The van der Waals surface area contributed by atoms with Gasteiger partial charge in [-0.25, -0.2) is 9.78 Å². The van der Waals surface area contributed by atoms with Gasteiger partial charge >= 0.3 is 5.69 Å². The van der Waals surface area contributed by atoms with Crippen molar-refractivity contribution in [1.29, 1.82) is 0 Å². The highest BCUT2D eigenvalue weighted by Crippen LogP contribution is 2.15. The lowest BCUT2D eigenvalue weighted by atomic mass is 10.3. The molecule has 0 saturated carbocycles. The van der Waals surface area contributed by atoms with Gasteiger partial charge in [-0.05, 0) is 36.9 Å². The minimum atomic E-state index is -0.136. The van der Waals surface area contributed by atoms with Crippen molar-refractivity contribution in [2.24, 2.45) is 0 Å². The number of benzene rings is 1. The summed E-state index contributed by atoms with van der Waals surface area (Å²) in [5.41, 5.74) is 2.38. The standard InChI is InChI=1S/C19H22N4O2S/c1-3-11-22-15-6-4-5-7-16(15)23(19(22)25)12-10-17(24)21-14-8-9-18(26-2)20-13-14/h4-9,13H,3,10-12H2,1-2H3,(H,21,24). The highest BCUT2D eigenvalue weighted by Gasteiger charge is 2.13. The van der Waals surface area contributed by atoms with Gasteiger partial charge in [-0.15, -0.1) is 11.8 Å². The van der Waals surface area contributed by atoms with Crippen LogP contribution in [0.25, 0.3) is 11.0 Å². The fourth-order valence-corrected chi connectivity index (χ4v) is 3.30. The molecule has 3 rings (SSSR count). The van der Waals surface area contributed by atoms with Crippen molar-refractivity contribution >= 4 is 34.4 Å². The average molecular weight is 370 g/mol. The number of amides is 1. The normalized spacial score (nSPS) is 11.0. The quantitative estimate of drug-likeness (QED) is 0.648. The number of anilines is 1. The van der Waals surface area contributed by atoms with E-state index in [-0.39, 0.29) is 18.0 Å². The number of rotatable bonds is 7. The molecule has 6 nitrogen and oxygen atoms in total. The molecule has 1 amide bonds. The first-order chi connectivity index (χ1) is 12.6. The molecule has 0 aliphatic rings. The first-order valence-corrected chi connectivity index (χ1v) is 9.84. The van der Waals surface area contributed by atoms with Crippen LogP contribution in [-0.2, 0) is 17.9 Å². The molecule has 0 radical (unpaired) electrons. The van der Waals surface area contributed by atoms with Crippen LogP contribution in [0.2, 0.25) is 0 Å². The van der Waals surface area contributed by atoms with Gasteiger partial charge in [0.2, 0.25) is 5.91 Å². The molecule has 0 aliphatic heterocycles. The first kappa shape index (κ1) is 18.3. The maximum absolute atomic E-state index is 12.7. The van der Waals surface area contributed by atoms with Crippen molar-refractivity contribution in [3.63, 3.8) is 0 Å². The predicted molar refractivity (Wildman–Crippen MR) is 106 cm³/mol. The van der Waals surface area contributed by atoms with E-state index < -0.39 is 0 Å². The molecule has 0 fully saturated rings. The zero-order chi connectivity index (χ0) is 18.5. The number of nitrogens with zero attached hydrogens (tertiary/aromatic N) is 3. The minimum absolute atomic E-state index is 0.0631. The van der Waals surface area contributed by atoms with Crippen LogP contribution in [0.3, 0.4) is 0 Å². The Balaban J connectivity index is 1.73. The van der Waals surface area contributed by atoms with E-state index in [9.17, 15) is 9.59 Å². The maximum atomic E-state index is 12.7. The average Bonchev–Trinajstić information content (AvgIpc) is 2.93.